The van der Waals surface area contributed by atoms with Crippen molar-refractivity contribution in [3.63, 3.8) is 0 Å². The number of nitrogens with zero attached hydrogens (tertiary/aromatic N) is 5. The third-order valence-electron chi connectivity index (χ3n) is 7.87. The fourth-order valence-corrected chi connectivity index (χ4v) is 6.75. The van der Waals surface area contributed by atoms with E-state index in [1.807, 2.05) is 55.5 Å². The molecule has 2 saturated heterocycles. The smallest absolute Gasteiger partial charge is 0.267 e. The van der Waals surface area contributed by atoms with E-state index in [1.54, 1.807) is 23.2 Å². The van der Waals surface area contributed by atoms with E-state index in [4.69, 9.17) is 26.7 Å². The summed E-state index contributed by atoms with van der Waals surface area (Å²) in [7, 11) is 0. The van der Waals surface area contributed by atoms with E-state index >= 15 is 0 Å². The van der Waals surface area contributed by atoms with Crippen molar-refractivity contribution in [3.8, 4) is 11.5 Å². The molecule has 2 aromatic heterocycles. The van der Waals surface area contributed by atoms with Gasteiger partial charge in [0.2, 0.25) is 6.79 Å². The molecule has 5 heterocycles. The Bertz CT molecular complexity index is 1830. The van der Waals surface area contributed by atoms with Crippen molar-refractivity contribution in [2.75, 3.05) is 37.9 Å². The summed E-state index contributed by atoms with van der Waals surface area (Å²) in [5.41, 5.74) is 4.05. The number of thiocarbonyl (C=S) groups is 1. The van der Waals surface area contributed by atoms with E-state index in [1.165, 1.54) is 16.2 Å². The van der Waals surface area contributed by atoms with Gasteiger partial charge in [0.15, 0.2) is 11.5 Å². The van der Waals surface area contributed by atoms with E-state index in [0.717, 1.165) is 47.8 Å². The summed E-state index contributed by atoms with van der Waals surface area (Å²) in [5, 5.41) is 0. The number of carbonyl (C=O) groups is 1. The number of anilines is 1. The Hall–Kier alpha value is -4.19. The number of aromatic nitrogens is 2. The lowest BCUT2D eigenvalue weighted by Gasteiger charge is -2.36. The summed E-state index contributed by atoms with van der Waals surface area (Å²) in [6.07, 6.45) is 3.38. The van der Waals surface area contributed by atoms with Gasteiger partial charge in [-0.2, -0.15) is 0 Å². The normalized spacial score (nSPS) is 17.9. The minimum atomic E-state index is -0.216. The van der Waals surface area contributed by atoms with E-state index in [9.17, 15) is 9.59 Å². The highest BCUT2D eigenvalue weighted by Crippen LogP contribution is 2.35. The molecule has 0 N–H and O–H groups in total. The summed E-state index contributed by atoms with van der Waals surface area (Å²) >= 11 is 6.82. The van der Waals surface area contributed by atoms with Gasteiger partial charge in [0.1, 0.15) is 15.8 Å². The van der Waals surface area contributed by atoms with Crippen molar-refractivity contribution in [2.45, 2.75) is 20.0 Å². The number of piperazine rings is 1. The third-order valence-corrected chi connectivity index (χ3v) is 9.25. The fraction of sp³-hybridized carbons (Fsp3) is 0.250. The van der Waals surface area contributed by atoms with Gasteiger partial charge in [-0.3, -0.25) is 23.8 Å². The lowest BCUT2D eigenvalue weighted by Crippen LogP contribution is -2.47. The maximum Gasteiger partial charge on any atom is 0.267 e. The molecular formula is C32H29N5O4S2. The molecule has 7 rings (SSSR count). The standard InChI is InChI=1S/C32H29N5O4S2/c1-21-5-7-22(8-6-21)19-37-31(39)27(43-32(37)42)17-24-29(33-28-4-2-3-11-36(28)30(24)38)35-14-12-34(13-15-35)18-23-9-10-25-26(16-23)41-20-40-25/h2-11,16-17H,12-15,18-20H2,1H3. The molecule has 11 heteroatoms. The number of rotatable bonds is 6. The number of pyridine rings is 1. The number of thioether (sulfide) groups is 1. The molecule has 3 aliphatic rings. The van der Waals surface area contributed by atoms with Crippen LogP contribution in [0.15, 0.2) is 76.6 Å². The first-order chi connectivity index (χ1) is 20.9. The molecule has 9 nitrogen and oxygen atoms in total. The van der Waals surface area contributed by atoms with Crippen molar-refractivity contribution < 1.29 is 14.3 Å². The molecule has 2 aromatic carbocycles. The Labute approximate surface area is 258 Å². The fourth-order valence-electron chi connectivity index (χ4n) is 5.52. The SMILES string of the molecule is Cc1ccc(CN2C(=O)C(=Cc3c(N4CCN(Cc5ccc6c(c5)OCO6)CC4)nc4ccccn4c3=O)SC2=S)cc1. The van der Waals surface area contributed by atoms with Gasteiger partial charge in [0.05, 0.1) is 17.0 Å². The van der Waals surface area contributed by atoms with Gasteiger partial charge >= 0.3 is 0 Å². The Morgan fingerprint density at radius 3 is 2.51 bits per heavy atom. The van der Waals surface area contributed by atoms with Crippen molar-refractivity contribution in [3.05, 3.63) is 104 Å². The number of hydrogen-bond donors (Lipinski definition) is 0. The number of aryl methyl sites for hydroxylation is 1. The summed E-state index contributed by atoms with van der Waals surface area (Å²) in [6, 6.07) is 19.6. The number of fused-ring (bicyclic) bond motifs is 2. The van der Waals surface area contributed by atoms with Gasteiger partial charge in [0.25, 0.3) is 11.5 Å². The number of ether oxygens (including phenoxy) is 2. The Morgan fingerprint density at radius 1 is 0.930 bits per heavy atom. The van der Waals surface area contributed by atoms with Crippen molar-refractivity contribution >= 4 is 51.7 Å². The van der Waals surface area contributed by atoms with Gasteiger partial charge in [0, 0.05) is 38.9 Å². The molecule has 218 valence electrons. The second-order valence-corrected chi connectivity index (χ2v) is 12.5. The van der Waals surface area contributed by atoms with Crippen LogP contribution < -0.4 is 19.9 Å². The van der Waals surface area contributed by atoms with Crippen LogP contribution in [-0.4, -0.2) is 62.4 Å². The average molecular weight is 612 g/mol. The van der Waals surface area contributed by atoms with Crippen molar-refractivity contribution in [1.82, 2.24) is 19.2 Å². The highest BCUT2D eigenvalue weighted by molar-refractivity contribution is 8.26. The molecule has 2 fully saturated rings. The van der Waals surface area contributed by atoms with Crippen LogP contribution in [0.1, 0.15) is 22.3 Å². The van der Waals surface area contributed by atoms with Crippen LogP contribution in [-0.2, 0) is 17.9 Å². The van der Waals surface area contributed by atoms with E-state index in [2.05, 4.69) is 15.9 Å². The van der Waals surface area contributed by atoms with Crippen LogP contribution in [0.25, 0.3) is 11.7 Å². The van der Waals surface area contributed by atoms with E-state index in [0.29, 0.717) is 45.9 Å². The quantitative estimate of drug-likeness (QED) is 0.232. The lowest BCUT2D eigenvalue weighted by molar-refractivity contribution is -0.122. The number of hydrogen-bond acceptors (Lipinski definition) is 9. The van der Waals surface area contributed by atoms with Crippen LogP contribution in [0.3, 0.4) is 0 Å². The van der Waals surface area contributed by atoms with Crippen molar-refractivity contribution in [2.24, 2.45) is 0 Å². The Kier molecular flexibility index (Phi) is 7.38. The zero-order valence-electron chi connectivity index (χ0n) is 23.6. The van der Waals surface area contributed by atoms with Gasteiger partial charge < -0.3 is 14.4 Å². The number of benzene rings is 2. The first-order valence-corrected chi connectivity index (χ1v) is 15.3. The zero-order chi connectivity index (χ0) is 29.5. The lowest BCUT2D eigenvalue weighted by atomic mass is 10.1. The second kappa shape index (κ2) is 11.5. The summed E-state index contributed by atoms with van der Waals surface area (Å²) in [4.78, 5) is 38.8. The van der Waals surface area contributed by atoms with Gasteiger partial charge in [-0.1, -0.05) is 65.9 Å². The molecule has 0 unspecified atom stereocenters. The highest BCUT2D eigenvalue weighted by atomic mass is 32.2. The molecular weight excluding hydrogens is 583 g/mol. The van der Waals surface area contributed by atoms with Crippen LogP contribution >= 0.6 is 24.0 Å². The molecule has 0 spiro atoms. The molecule has 0 atom stereocenters. The van der Waals surface area contributed by atoms with Gasteiger partial charge in [-0.05, 0) is 48.4 Å². The summed E-state index contributed by atoms with van der Waals surface area (Å²) < 4.78 is 13.0. The van der Waals surface area contributed by atoms with E-state index in [-0.39, 0.29) is 18.3 Å². The maximum absolute atomic E-state index is 13.8. The van der Waals surface area contributed by atoms with Crippen molar-refractivity contribution in [1.29, 1.82) is 0 Å². The van der Waals surface area contributed by atoms with Gasteiger partial charge in [-0.15, -0.1) is 0 Å². The highest BCUT2D eigenvalue weighted by Gasteiger charge is 2.33. The first kappa shape index (κ1) is 27.6. The predicted octanol–water partition coefficient (Wildman–Crippen LogP) is 4.46. The van der Waals surface area contributed by atoms with Crippen LogP contribution in [0.5, 0.6) is 11.5 Å². The van der Waals surface area contributed by atoms with Crippen LogP contribution in [0.4, 0.5) is 5.82 Å². The molecule has 3 aliphatic heterocycles. The topological polar surface area (TPSA) is 79.6 Å². The van der Waals surface area contributed by atoms with Gasteiger partial charge in [-0.25, -0.2) is 4.98 Å². The van der Waals surface area contributed by atoms with E-state index < -0.39 is 0 Å². The Morgan fingerprint density at radius 2 is 1.70 bits per heavy atom. The maximum atomic E-state index is 13.8. The predicted molar refractivity (Wildman–Crippen MR) is 171 cm³/mol. The summed E-state index contributed by atoms with van der Waals surface area (Å²) in [5.74, 6) is 1.95. The first-order valence-electron chi connectivity index (χ1n) is 14.1. The van der Waals surface area contributed by atoms with Crippen LogP contribution in [0, 0.1) is 6.92 Å². The Balaban J connectivity index is 1.15. The van der Waals surface area contributed by atoms with Crippen LogP contribution in [0.2, 0.25) is 0 Å². The molecule has 43 heavy (non-hydrogen) atoms. The number of carbonyl (C=O) groups excluding carboxylic acids is 1. The molecule has 1 amide bonds. The molecule has 0 radical (unpaired) electrons. The third kappa shape index (κ3) is 5.51. The monoisotopic (exact) mass is 611 g/mol. The minimum absolute atomic E-state index is 0.201. The molecule has 0 saturated carbocycles. The summed E-state index contributed by atoms with van der Waals surface area (Å²) in [6.45, 7) is 6.42. The number of amides is 1. The second-order valence-electron chi connectivity index (χ2n) is 10.8. The average Bonchev–Trinajstić information content (AvgIpc) is 3.59. The molecule has 4 aromatic rings. The molecule has 0 bridgehead atoms. The zero-order valence-corrected chi connectivity index (χ0v) is 25.2. The largest absolute Gasteiger partial charge is 0.454 e. The molecule has 0 aliphatic carbocycles. The minimum Gasteiger partial charge on any atom is -0.454 e.